The average Bonchev–Trinajstić information content (AvgIpc) is 2.79. The van der Waals surface area contributed by atoms with E-state index in [0.717, 1.165) is 0 Å². The number of anilines is 1. The van der Waals surface area contributed by atoms with Crippen LogP contribution in [0.4, 0.5) is 5.69 Å². The molecule has 0 bridgehead atoms. The first-order valence-corrected chi connectivity index (χ1v) is 11.5. The minimum atomic E-state index is -0.505. The molecule has 2 aromatic carbocycles. The topological polar surface area (TPSA) is 127 Å². The third-order valence-electron chi connectivity index (χ3n) is 4.45. The second kappa shape index (κ2) is 13.6. The first-order valence-electron chi connectivity index (χ1n) is 10.8. The number of halogens is 2. The molecule has 0 atom stereocenters. The number of methoxy groups -OCH3 is 1. The van der Waals surface area contributed by atoms with Crippen LogP contribution in [0.1, 0.15) is 38.3 Å². The summed E-state index contributed by atoms with van der Waals surface area (Å²) in [6.07, 6.45) is -0.115. The highest BCUT2D eigenvalue weighted by Gasteiger charge is 2.13. The van der Waals surface area contributed by atoms with Crippen molar-refractivity contribution >= 4 is 52.4 Å². The van der Waals surface area contributed by atoms with E-state index in [2.05, 4.69) is 20.8 Å². The average molecular weight is 522 g/mol. The van der Waals surface area contributed by atoms with Crippen LogP contribution in [0.25, 0.3) is 0 Å². The van der Waals surface area contributed by atoms with Crippen molar-refractivity contribution in [1.82, 2.24) is 5.32 Å². The number of amides is 2. The Morgan fingerprint density at radius 1 is 1.11 bits per heavy atom. The molecule has 0 aliphatic carbocycles. The van der Waals surface area contributed by atoms with E-state index in [1.165, 1.54) is 6.92 Å². The van der Waals surface area contributed by atoms with Crippen LogP contribution < -0.4 is 21.1 Å². The molecule has 4 N–H and O–H groups in total. The van der Waals surface area contributed by atoms with Gasteiger partial charge in [-0.2, -0.15) is 4.99 Å². The van der Waals surface area contributed by atoms with E-state index < -0.39 is 5.91 Å². The van der Waals surface area contributed by atoms with Crippen LogP contribution >= 0.6 is 23.2 Å². The van der Waals surface area contributed by atoms with Crippen LogP contribution in [0.15, 0.2) is 46.5 Å². The van der Waals surface area contributed by atoms with E-state index in [1.807, 2.05) is 13.8 Å². The number of carbonyl (C=O) groups excluding carboxylic acids is 2. The number of aliphatic imine (C=N–C) groups is 1. The molecule has 0 unspecified atom stereocenters. The van der Waals surface area contributed by atoms with Crippen LogP contribution in [-0.4, -0.2) is 37.2 Å². The smallest absolute Gasteiger partial charge is 0.255 e. The molecule has 188 valence electrons. The second-order valence-corrected chi connectivity index (χ2v) is 8.81. The number of benzene rings is 2. The fourth-order valence-corrected chi connectivity index (χ4v) is 3.43. The SMILES string of the molecule is COc1ccc(C(CC(=O)/N=C(\N)NCc2cc(Cl)c(NC(C)=O)c(Cl)c2)=NOCC(C)C)cc1. The molecule has 9 nitrogen and oxygen atoms in total. The summed E-state index contributed by atoms with van der Waals surface area (Å²) in [6.45, 7) is 5.97. The molecular weight excluding hydrogens is 493 g/mol. The van der Waals surface area contributed by atoms with E-state index in [4.69, 9.17) is 38.5 Å². The zero-order valence-corrected chi connectivity index (χ0v) is 21.5. The van der Waals surface area contributed by atoms with Gasteiger partial charge in [-0.05, 0) is 47.9 Å². The Bertz CT molecular complexity index is 1080. The highest BCUT2D eigenvalue weighted by Crippen LogP contribution is 2.31. The molecule has 0 saturated carbocycles. The quantitative estimate of drug-likeness (QED) is 0.242. The van der Waals surface area contributed by atoms with Gasteiger partial charge in [0.2, 0.25) is 5.91 Å². The zero-order valence-electron chi connectivity index (χ0n) is 20.0. The summed E-state index contributed by atoms with van der Waals surface area (Å²) in [5.74, 6) is 0.0833. The highest BCUT2D eigenvalue weighted by molar-refractivity contribution is 6.39. The van der Waals surface area contributed by atoms with Gasteiger partial charge in [-0.1, -0.05) is 42.2 Å². The molecule has 0 saturated heterocycles. The van der Waals surface area contributed by atoms with Gasteiger partial charge in [0.25, 0.3) is 5.91 Å². The fourth-order valence-electron chi connectivity index (χ4n) is 2.81. The molecule has 35 heavy (non-hydrogen) atoms. The number of nitrogens with one attached hydrogen (secondary N) is 2. The van der Waals surface area contributed by atoms with Gasteiger partial charge in [0.05, 0.1) is 35.0 Å². The van der Waals surface area contributed by atoms with Crippen molar-refractivity contribution in [3.8, 4) is 5.75 Å². The Hall–Kier alpha value is -3.30. The van der Waals surface area contributed by atoms with Crippen LogP contribution in [0.2, 0.25) is 10.0 Å². The molecule has 2 aromatic rings. The third-order valence-corrected chi connectivity index (χ3v) is 5.04. The third kappa shape index (κ3) is 9.46. The summed E-state index contributed by atoms with van der Waals surface area (Å²) in [5, 5.41) is 10.1. The van der Waals surface area contributed by atoms with Crippen molar-refractivity contribution in [3.63, 3.8) is 0 Å². The van der Waals surface area contributed by atoms with E-state index in [1.54, 1.807) is 43.5 Å². The van der Waals surface area contributed by atoms with Crippen molar-refractivity contribution in [3.05, 3.63) is 57.6 Å². The summed E-state index contributed by atoms with van der Waals surface area (Å²) >= 11 is 12.4. The van der Waals surface area contributed by atoms with E-state index in [0.29, 0.717) is 34.9 Å². The van der Waals surface area contributed by atoms with Gasteiger partial charge in [-0.15, -0.1) is 0 Å². The van der Waals surface area contributed by atoms with Gasteiger partial charge >= 0.3 is 0 Å². The Labute approximate surface area is 214 Å². The largest absolute Gasteiger partial charge is 0.497 e. The normalized spacial score (nSPS) is 11.9. The van der Waals surface area contributed by atoms with E-state index >= 15 is 0 Å². The van der Waals surface area contributed by atoms with E-state index in [9.17, 15) is 9.59 Å². The lowest BCUT2D eigenvalue weighted by Gasteiger charge is -2.11. The number of oxime groups is 1. The molecule has 2 rings (SSSR count). The summed E-state index contributed by atoms with van der Waals surface area (Å²) in [6, 6.07) is 10.4. The molecule has 0 aliphatic heterocycles. The standard InChI is InChI=1S/C24H29Cl2N5O4/c1-14(2)13-35-31-21(17-5-7-18(34-4)8-6-17)11-22(33)30-24(27)28-12-16-9-19(25)23(20(26)10-16)29-15(3)32/h5-10,14H,11-13H2,1-4H3,(H,29,32)(H3,27,28,30,33). The molecule has 0 aliphatic rings. The Morgan fingerprint density at radius 2 is 1.74 bits per heavy atom. The van der Waals surface area contributed by atoms with Gasteiger partial charge in [0, 0.05) is 19.0 Å². The van der Waals surface area contributed by atoms with Gasteiger partial charge in [-0.25, -0.2) is 0 Å². The van der Waals surface area contributed by atoms with Crippen LogP contribution in [-0.2, 0) is 21.0 Å². The number of nitrogens with two attached hydrogens (primary N) is 1. The number of nitrogens with zero attached hydrogens (tertiary/aromatic N) is 2. The predicted molar refractivity (Wildman–Crippen MR) is 139 cm³/mol. The lowest BCUT2D eigenvalue weighted by atomic mass is 10.1. The van der Waals surface area contributed by atoms with Crippen molar-refractivity contribution in [2.24, 2.45) is 21.8 Å². The lowest BCUT2D eigenvalue weighted by molar-refractivity contribution is -0.116. The van der Waals surface area contributed by atoms with Crippen molar-refractivity contribution in [2.75, 3.05) is 19.0 Å². The molecule has 2 amide bonds. The van der Waals surface area contributed by atoms with Crippen molar-refractivity contribution in [2.45, 2.75) is 33.7 Å². The molecule has 0 aromatic heterocycles. The molecule has 0 heterocycles. The summed E-state index contributed by atoms with van der Waals surface area (Å²) < 4.78 is 5.18. The summed E-state index contributed by atoms with van der Waals surface area (Å²) in [4.78, 5) is 33.1. The first-order chi connectivity index (χ1) is 16.6. The maximum absolute atomic E-state index is 12.6. The maximum atomic E-state index is 12.6. The minimum Gasteiger partial charge on any atom is -0.497 e. The zero-order chi connectivity index (χ0) is 26.0. The van der Waals surface area contributed by atoms with Crippen LogP contribution in [0, 0.1) is 5.92 Å². The van der Waals surface area contributed by atoms with Gasteiger partial charge in [0.1, 0.15) is 12.4 Å². The fraction of sp³-hybridized carbons (Fsp3) is 0.333. The van der Waals surface area contributed by atoms with Gasteiger partial charge in [-0.3, -0.25) is 9.59 Å². The maximum Gasteiger partial charge on any atom is 0.255 e. The monoisotopic (exact) mass is 521 g/mol. The molecular formula is C24H29Cl2N5O4. The second-order valence-electron chi connectivity index (χ2n) is 7.99. The number of carbonyl (C=O) groups is 2. The van der Waals surface area contributed by atoms with Crippen LogP contribution in [0.5, 0.6) is 5.75 Å². The summed E-state index contributed by atoms with van der Waals surface area (Å²) in [5.41, 5.74) is 8.02. The van der Waals surface area contributed by atoms with E-state index in [-0.39, 0.29) is 40.8 Å². The van der Waals surface area contributed by atoms with Gasteiger partial charge < -0.3 is 25.9 Å². The first kappa shape index (κ1) is 27.9. The summed E-state index contributed by atoms with van der Waals surface area (Å²) in [7, 11) is 1.57. The number of hydrogen-bond acceptors (Lipinski definition) is 5. The molecule has 0 spiro atoms. The Morgan fingerprint density at radius 3 is 2.29 bits per heavy atom. The number of rotatable bonds is 10. The van der Waals surface area contributed by atoms with Crippen LogP contribution in [0.3, 0.4) is 0 Å². The minimum absolute atomic E-state index is 0.0784. The molecule has 0 fully saturated rings. The number of hydrogen-bond donors (Lipinski definition) is 3. The molecule has 11 heteroatoms. The number of guanidine groups is 1. The van der Waals surface area contributed by atoms with Gasteiger partial charge in [0.15, 0.2) is 5.96 Å². The Kier molecular flexibility index (Phi) is 10.8. The lowest BCUT2D eigenvalue weighted by Crippen LogP contribution is -2.32. The highest BCUT2D eigenvalue weighted by atomic mass is 35.5. The van der Waals surface area contributed by atoms with Crippen molar-refractivity contribution in [1.29, 1.82) is 0 Å². The molecule has 0 radical (unpaired) electrons. The number of ether oxygens (including phenoxy) is 1. The Balaban J connectivity index is 2.07. The van der Waals surface area contributed by atoms with Crippen molar-refractivity contribution < 1.29 is 19.2 Å². The predicted octanol–water partition coefficient (Wildman–Crippen LogP) is 4.36.